The van der Waals surface area contributed by atoms with Gasteiger partial charge in [-0.25, -0.2) is 0 Å². The summed E-state index contributed by atoms with van der Waals surface area (Å²) in [5.41, 5.74) is 0.337. The number of nitrogens with zero attached hydrogens (tertiary/aromatic N) is 2. The summed E-state index contributed by atoms with van der Waals surface area (Å²) in [6, 6.07) is 0.747. The molecule has 0 aromatic rings. The summed E-state index contributed by atoms with van der Waals surface area (Å²) in [6.45, 7) is 18.1. The highest BCUT2D eigenvalue weighted by atomic mass is 16.5. The third-order valence-electron chi connectivity index (χ3n) is 13.5. The fourth-order valence-electron chi connectivity index (χ4n) is 11.8. The van der Waals surface area contributed by atoms with E-state index in [2.05, 4.69) is 31.4 Å². The van der Waals surface area contributed by atoms with Crippen LogP contribution in [0.15, 0.2) is 12.7 Å². The van der Waals surface area contributed by atoms with Gasteiger partial charge in [-0.2, -0.15) is 0 Å². The molecule has 2 heterocycles. The molecule has 4 aliphatic carbocycles. The Labute approximate surface area is 242 Å². The highest BCUT2D eigenvalue weighted by Crippen LogP contribution is 2.68. The van der Waals surface area contributed by atoms with Crippen LogP contribution in [0.25, 0.3) is 0 Å². The molecule has 6 rings (SSSR count). The van der Waals surface area contributed by atoms with Gasteiger partial charge in [0.25, 0.3) is 0 Å². The number of carbonyl (C=O) groups is 2. The Morgan fingerprint density at radius 1 is 0.925 bits per heavy atom. The summed E-state index contributed by atoms with van der Waals surface area (Å²) in [6.07, 6.45) is 15.5. The van der Waals surface area contributed by atoms with Crippen molar-refractivity contribution in [3.05, 3.63) is 12.7 Å². The van der Waals surface area contributed by atoms with Crippen molar-refractivity contribution >= 4 is 11.9 Å². The SMILES string of the molecule is C=CC[N+]1([C@H]2C[C@H]3[C@@H]4CC[C@H]5C[C@H](OC(C)=O)[C@@H](N6CCCC6)C[C@]5(C)[C@H]4CC[C@]3(C)[C@H]2OC(C)=O)CCCC1. The quantitative estimate of drug-likeness (QED) is 0.238. The topological polar surface area (TPSA) is 55.8 Å². The van der Waals surface area contributed by atoms with E-state index in [-0.39, 0.29) is 35.0 Å². The van der Waals surface area contributed by atoms with Crippen LogP contribution in [0.4, 0.5) is 0 Å². The van der Waals surface area contributed by atoms with Gasteiger partial charge in [-0.1, -0.05) is 20.4 Å². The zero-order chi connectivity index (χ0) is 28.3. The molecule has 0 aromatic heterocycles. The standard InChI is InChI=1S/C34H55N2O4/c1-6-17-36(18-9-10-19-36)30-21-28-26-12-11-25-20-31(39-23(2)37)29(35-15-7-8-16-35)22-34(25,5)27(26)13-14-33(28,4)32(30)40-24(3)38/h6,25-32H,1,7-22H2,2-5H3/q+1/t25-,26+,27-,28-,29-,30-,31-,32-,33-,34-/m0/s1. The molecule has 0 aromatic carbocycles. The molecule has 0 amide bonds. The van der Waals surface area contributed by atoms with Gasteiger partial charge in [-0.15, -0.1) is 0 Å². The molecule has 0 radical (unpaired) electrons. The van der Waals surface area contributed by atoms with Gasteiger partial charge in [0.2, 0.25) is 0 Å². The Kier molecular flexibility index (Phi) is 7.68. The van der Waals surface area contributed by atoms with Crippen LogP contribution >= 0.6 is 0 Å². The predicted molar refractivity (Wildman–Crippen MR) is 156 cm³/mol. The lowest BCUT2D eigenvalue weighted by Crippen LogP contribution is -2.61. The molecule has 224 valence electrons. The normalized spacial score (nSPS) is 46.2. The maximum absolute atomic E-state index is 12.5. The van der Waals surface area contributed by atoms with Crippen molar-refractivity contribution in [3.63, 3.8) is 0 Å². The van der Waals surface area contributed by atoms with E-state index in [1.54, 1.807) is 13.8 Å². The number of likely N-dealkylation sites (tertiary alicyclic amines) is 2. The first-order valence-corrected chi connectivity index (χ1v) is 16.7. The van der Waals surface area contributed by atoms with Gasteiger partial charge in [0.1, 0.15) is 12.1 Å². The molecule has 10 atom stereocenters. The van der Waals surface area contributed by atoms with Crippen molar-refractivity contribution in [3.8, 4) is 0 Å². The molecular weight excluding hydrogens is 500 g/mol. The number of hydrogen-bond acceptors (Lipinski definition) is 5. The fraction of sp³-hybridized carbons (Fsp3) is 0.882. The highest BCUT2D eigenvalue weighted by Gasteiger charge is 2.67. The van der Waals surface area contributed by atoms with Crippen LogP contribution in [0.2, 0.25) is 0 Å². The monoisotopic (exact) mass is 555 g/mol. The molecular formula is C34H55N2O4+. The van der Waals surface area contributed by atoms with Crippen LogP contribution < -0.4 is 0 Å². The number of ether oxygens (including phenoxy) is 2. The van der Waals surface area contributed by atoms with Gasteiger partial charge in [0.15, 0.2) is 6.10 Å². The largest absolute Gasteiger partial charge is 0.461 e. The molecule has 40 heavy (non-hydrogen) atoms. The van der Waals surface area contributed by atoms with Crippen LogP contribution in [-0.4, -0.2) is 78.3 Å². The fourth-order valence-corrected chi connectivity index (χ4v) is 11.8. The Morgan fingerprint density at radius 2 is 1.62 bits per heavy atom. The second-order valence-electron chi connectivity index (χ2n) is 15.3. The Balaban J connectivity index is 1.31. The summed E-state index contributed by atoms with van der Waals surface area (Å²) < 4.78 is 13.5. The summed E-state index contributed by atoms with van der Waals surface area (Å²) in [4.78, 5) is 27.3. The number of quaternary nitrogens is 1. The minimum atomic E-state index is -0.119. The minimum absolute atomic E-state index is 0.0107. The first-order valence-electron chi connectivity index (χ1n) is 16.7. The van der Waals surface area contributed by atoms with Gasteiger partial charge in [-0.05, 0) is 99.6 Å². The Morgan fingerprint density at radius 3 is 2.27 bits per heavy atom. The van der Waals surface area contributed by atoms with Gasteiger partial charge < -0.3 is 14.0 Å². The smallest absolute Gasteiger partial charge is 0.303 e. The average molecular weight is 556 g/mol. The van der Waals surface area contributed by atoms with E-state index in [1.165, 1.54) is 64.5 Å². The van der Waals surface area contributed by atoms with E-state index >= 15 is 0 Å². The molecule has 4 saturated carbocycles. The summed E-state index contributed by atoms with van der Waals surface area (Å²) in [5, 5.41) is 0. The van der Waals surface area contributed by atoms with Crippen LogP contribution in [0.1, 0.15) is 98.3 Å². The molecule has 2 aliphatic heterocycles. The average Bonchev–Trinajstić information content (AvgIpc) is 3.64. The summed E-state index contributed by atoms with van der Waals surface area (Å²) in [7, 11) is 0. The maximum atomic E-state index is 12.5. The zero-order valence-corrected chi connectivity index (χ0v) is 25.7. The molecule has 6 fully saturated rings. The van der Waals surface area contributed by atoms with E-state index < -0.39 is 0 Å². The molecule has 6 nitrogen and oxygen atoms in total. The maximum Gasteiger partial charge on any atom is 0.303 e. The summed E-state index contributed by atoms with van der Waals surface area (Å²) >= 11 is 0. The zero-order valence-electron chi connectivity index (χ0n) is 25.7. The molecule has 2 saturated heterocycles. The third kappa shape index (κ3) is 4.58. The van der Waals surface area contributed by atoms with Crippen molar-refractivity contribution in [2.75, 3.05) is 32.7 Å². The first-order chi connectivity index (χ1) is 19.1. The molecule has 0 bridgehead atoms. The van der Waals surface area contributed by atoms with E-state index in [0.29, 0.717) is 35.8 Å². The van der Waals surface area contributed by atoms with Gasteiger partial charge >= 0.3 is 11.9 Å². The lowest BCUT2D eigenvalue weighted by Gasteiger charge is -2.62. The van der Waals surface area contributed by atoms with Crippen LogP contribution in [0.5, 0.6) is 0 Å². The molecule has 0 spiro atoms. The van der Waals surface area contributed by atoms with Crippen molar-refractivity contribution in [1.29, 1.82) is 0 Å². The Bertz CT molecular complexity index is 986. The van der Waals surface area contributed by atoms with Crippen LogP contribution in [0.3, 0.4) is 0 Å². The van der Waals surface area contributed by atoms with E-state index in [0.717, 1.165) is 43.4 Å². The second-order valence-corrected chi connectivity index (χ2v) is 15.3. The van der Waals surface area contributed by atoms with Crippen molar-refractivity contribution in [1.82, 2.24) is 4.90 Å². The van der Waals surface area contributed by atoms with E-state index in [4.69, 9.17) is 9.47 Å². The van der Waals surface area contributed by atoms with Gasteiger partial charge in [0.05, 0.1) is 19.6 Å². The number of hydrogen-bond donors (Lipinski definition) is 0. The third-order valence-corrected chi connectivity index (χ3v) is 13.5. The van der Waals surface area contributed by atoms with Gasteiger partial charge in [0, 0.05) is 44.6 Å². The number of carbonyl (C=O) groups excluding carboxylic acids is 2. The number of fused-ring (bicyclic) bond motifs is 5. The van der Waals surface area contributed by atoms with Crippen LogP contribution in [-0.2, 0) is 19.1 Å². The van der Waals surface area contributed by atoms with Crippen molar-refractivity contribution < 1.29 is 23.5 Å². The molecule has 0 N–H and O–H groups in total. The predicted octanol–water partition coefficient (Wildman–Crippen LogP) is 5.74. The van der Waals surface area contributed by atoms with Crippen LogP contribution in [0, 0.1) is 34.5 Å². The van der Waals surface area contributed by atoms with E-state index in [9.17, 15) is 9.59 Å². The Hall–Kier alpha value is -1.40. The molecule has 6 heteroatoms. The summed E-state index contributed by atoms with van der Waals surface area (Å²) in [5.74, 6) is 2.40. The first kappa shape index (κ1) is 28.7. The molecule has 0 unspecified atom stereocenters. The number of rotatable bonds is 6. The second kappa shape index (κ2) is 10.7. The highest BCUT2D eigenvalue weighted by molar-refractivity contribution is 5.66. The lowest BCUT2D eigenvalue weighted by molar-refractivity contribution is -0.937. The number of esters is 2. The minimum Gasteiger partial charge on any atom is -0.461 e. The van der Waals surface area contributed by atoms with Crippen molar-refractivity contribution in [2.45, 2.75) is 123 Å². The lowest BCUT2D eigenvalue weighted by atomic mass is 9.44. The van der Waals surface area contributed by atoms with Crippen molar-refractivity contribution in [2.24, 2.45) is 34.5 Å². The molecule has 6 aliphatic rings. The van der Waals surface area contributed by atoms with Gasteiger partial charge in [-0.3, -0.25) is 14.5 Å². The van der Waals surface area contributed by atoms with E-state index in [1.807, 2.05) is 0 Å².